The molecule has 0 saturated heterocycles. The van der Waals surface area contributed by atoms with E-state index in [-0.39, 0.29) is 27.6 Å². The summed E-state index contributed by atoms with van der Waals surface area (Å²) >= 11 is 0. The molecule has 0 aromatic heterocycles. The number of rotatable bonds is 3. The van der Waals surface area contributed by atoms with Gasteiger partial charge in [-0.05, 0) is 23.8 Å². The summed E-state index contributed by atoms with van der Waals surface area (Å²) in [5.41, 5.74) is 0.369. The van der Waals surface area contributed by atoms with Crippen LogP contribution < -0.4 is 5.30 Å². The average Bonchev–Trinajstić information content (AvgIpc) is 2.54. The smallest absolute Gasteiger partial charge is 0.321 e. The fourth-order valence-electron chi connectivity index (χ4n) is 2.63. The molecule has 2 N–H and O–H groups in total. The maximum Gasteiger partial charge on any atom is 0.356 e. The fourth-order valence-corrected chi connectivity index (χ4v) is 3.45. The lowest BCUT2D eigenvalue weighted by Gasteiger charge is -2.17. The average molecular weight is 346 g/mol. The van der Waals surface area contributed by atoms with E-state index < -0.39 is 19.2 Å². The molecule has 0 saturated carbocycles. The zero-order valence-electron chi connectivity index (χ0n) is 12.4. The van der Waals surface area contributed by atoms with Crippen molar-refractivity contribution in [1.82, 2.24) is 0 Å². The lowest BCUT2D eigenvalue weighted by atomic mass is 9.94. The Morgan fingerprint density at radius 1 is 0.667 bits per heavy atom. The topological polar surface area (TPSA) is 57.5 Å². The van der Waals surface area contributed by atoms with Gasteiger partial charge in [-0.1, -0.05) is 48.5 Å². The van der Waals surface area contributed by atoms with E-state index in [0.717, 1.165) is 0 Å². The molecule has 3 aromatic carbocycles. The van der Waals surface area contributed by atoms with E-state index in [9.17, 15) is 23.1 Å². The first kappa shape index (κ1) is 16.5. The van der Waals surface area contributed by atoms with Gasteiger partial charge in [-0.2, -0.15) is 0 Å². The fraction of sp³-hybridized carbons (Fsp3) is 0. The maximum atomic E-state index is 14.3. The highest BCUT2D eigenvalue weighted by Crippen LogP contribution is 2.42. The van der Waals surface area contributed by atoms with Crippen molar-refractivity contribution in [2.24, 2.45) is 0 Å². The second kappa shape index (κ2) is 6.29. The monoisotopic (exact) mass is 346 g/mol. The number of hydrogen-bond donors (Lipinski definition) is 2. The summed E-state index contributed by atoms with van der Waals surface area (Å²) in [5, 5.41) is -0.339. The summed E-state index contributed by atoms with van der Waals surface area (Å²) in [6, 6.07) is 15.6. The molecular weight excluding hydrogens is 333 g/mol. The van der Waals surface area contributed by atoms with Gasteiger partial charge in [-0.25, -0.2) is 8.78 Å². The predicted octanol–water partition coefficient (Wildman–Crippen LogP) is 4.10. The summed E-state index contributed by atoms with van der Waals surface area (Å²) < 4.78 is 40.4. The van der Waals surface area contributed by atoms with E-state index >= 15 is 0 Å². The Labute approximate surface area is 137 Å². The second-order valence-electron chi connectivity index (χ2n) is 5.20. The van der Waals surface area contributed by atoms with Gasteiger partial charge in [0, 0.05) is 16.7 Å². The lowest BCUT2D eigenvalue weighted by molar-refractivity contribution is 0.387. The Kier molecular flexibility index (Phi) is 4.33. The molecule has 6 heteroatoms. The van der Waals surface area contributed by atoms with Gasteiger partial charge in [0.15, 0.2) is 0 Å². The van der Waals surface area contributed by atoms with Crippen molar-refractivity contribution in [1.29, 1.82) is 0 Å². The highest BCUT2D eigenvalue weighted by Gasteiger charge is 2.26. The van der Waals surface area contributed by atoms with Crippen molar-refractivity contribution in [3.63, 3.8) is 0 Å². The summed E-state index contributed by atoms with van der Waals surface area (Å²) in [4.78, 5) is 19.3. The summed E-state index contributed by atoms with van der Waals surface area (Å²) in [6.07, 6.45) is 0. The third-order valence-electron chi connectivity index (χ3n) is 3.66. The van der Waals surface area contributed by atoms with E-state index in [0.29, 0.717) is 0 Å². The Morgan fingerprint density at radius 2 is 1.17 bits per heavy atom. The van der Waals surface area contributed by atoms with Gasteiger partial charge in [-0.3, -0.25) is 4.57 Å². The molecule has 0 heterocycles. The lowest BCUT2D eigenvalue weighted by Crippen LogP contribution is -2.10. The van der Waals surface area contributed by atoms with Crippen molar-refractivity contribution >= 4 is 12.9 Å². The molecule has 0 amide bonds. The Morgan fingerprint density at radius 3 is 1.71 bits per heavy atom. The quantitative estimate of drug-likeness (QED) is 0.702. The Hall–Kier alpha value is -2.33. The molecule has 0 atom stereocenters. The largest absolute Gasteiger partial charge is 0.356 e. The van der Waals surface area contributed by atoms with Crippen LogP contribution in [-0.2, 0) is 4.57 Å². The van der Waals surface area contributed by atoms with Crippen LogP contribution in [0.1, 0.15) is 0 Å². The SMILES string of the molecule is O=P(O)(O)c1cccc(-c2ccccc2F)c1-c1ccccc1F. The molecule has 0 aliphatic heterocycles. The Bertz CT molecular complexity index is 950. The summed E-state index contributed by atoms with van der Waals surface area (Å²) in [7, 11) is -4.69. The second-order valence-corrected chi connectivity index (χ2v) is 6.77. The predicted molar refractivity (Wildman–Crippen MR) is 88.9 cm³/mol. The first-order valence-corrected chi connectivity index (χ1v) is 8.70. The van der Waals surface area contributed by atoms with Crippen LogP contribution in [0.5, 0.6) is 0 Å². The molecule has 0 aliphatic carbocycles. The number of halogens is 2. The highest BCUT2D eigenvalue weighted by atomic mass is 31.2. The van der Waals surface area contributed by atoms with E-state index in [4.69, 9.17) is 0 Å². The molecule has 0 aliphatic rings. The molecule has 3 rings (SSSR count). The first-order valence-electron chi connectivity index (χ1n) is 7.08. The van der Waals surface area contributed by atoms with Gasteiger partial charge in [-0.15, -0.1) is 0 Å². The minimum atomic E-state index is -4.69. The van der Waals surface area contributed by atoms with E-state index in [1.54, 1.807) is 12.1 Å². The van der Waals surface area contributed by atoms with Gasteiger partial charge < -0.3 is 9.79 Å². The van der Waals surface area contributed by atoms with Crippen LogP contribution in [0.15, 0.2) is 66.7 Å². The van der Waals surface area contributed by atoms with Gasteiger partial charge in [0.1, 0.15) is 11.6 Å². The van der Waals surface area contributed by atoms with Crippen LogP contribution >= 0.6 is 7.60 Å². The van der Waals surface area contributed by atoms with Crippen LogP contribution in [0.3, 0.4) is 0 Å². The minimum absolute atomic E-state index is 0.00552. The molecule has 122 valence electrons. The molecule has 0 radical (unpaired) electrons. The van der Waals surface area contributed by atoms with E-state index in [1.165, 1.54) is 54.6 Å². The van der Waals surface area contributed by atoms with Crippen LogP contribution in [0.4, 0.5) is 8.78 Å². The molecule has 24 heavy (non-hydrogen) atoms. The van der Waals surface area contributed by atoms with E-state index in [1.807, 2.05) is 0 Å². The zero-order valence-corrected chi connectivity index (χ0v) is 13.3. The van der Waals surface area contributed by atoms with Crippen LogP contribution in [-0.4, -0.2) is 9.79 Å². The van der Waals surface area contributed by atoms with Crippen LogP contribution in [0.2, 0.25) is 0 Å². The maximum absolute atomic E-state index is 14.3. The van der Waals surface area contributed by atoms with Crippen LogP contribution in [0.25, 0.3) is 22.3 Å². The third kappa shape index (κ3) is 3.02. The first-order chi connectivity index (χ1) is 11.4. The molecule has 0 unspecified atom stereocenters. The van der Waals surface area contributed by atoms with Crippen molar-refractivity contribution < 1.29 is 23.1 Å². The van der Waals surface area contributed by atoms with Gasteiger partial charge in [0.25, 0.3) is 0 Å². The standard InChI is InChI=1S/C18H13F2O3P/c19-15-9-3-1-6-12(15)13-8-5-11-17(24(21,22)23)18(13)14-7-2-4-10-16(14)20/h1-11H,(H2,21,22,23). The summed E-state index contributed by atoms with van der Waals surface area (Å²) in [6.45, 7) is 0. The van der Waals surface area contributed by atoms with Crippen LogP contribution in [0, 0.1) is 11.6 Å². The third-order valence-corrected chi connectivity index (χ3v) is 4.66. The molecule has 3 nitrogen and oxygen atoms in total. The number of hydrogen-bond acceptors (Lipinski definition) is 1. The van der Waals surface area contributed by atoms with Crippen molar-refractivity contribution in [2.75, 3.05) is 0 Å². The molecular formula is C18H13F2O3P. The van der Waals surface area contributed by atoms with Crippen molar-refractivity contribution in [3.8, 4) is 22.3 Å². The molecule has 0 bridgehead atoms. The molecule has 0 fully saturated rings. The Balaban J connectivity index is 2.42. The highest BCUT2D eigenvalue weighted by molar-refractivity contribution is 7.60. The van der Waals surface area contributed by atoms with Crippen molar-refractivity contribution in [2.45, 2.75) is 0 Å². The van der Waals surface area contributed by atoms with Gasteiger partial charge in [0.05, 0.1) is 5.30 Å². The molecule has 0 spiro atoms. The zero-order chi connectivity index (χ0) is 17.3. The number of benzene rings is 3. The van der Waals surface area contributed by atoms with Gasteiger partial charge in [0.2, 0.25) is 0 Å². The van der Waals surface area contributed by atoms with Gasteiger partial charge >= 0.3 is 7.60 Å². The normalized spacial score (nSPS) is 11.5. The summed E-state index contributed by atoms with van der Waals surface area (Å²) in [5.74, 6) is -1.20. The van der Waals surface area contributed by atoms with E-state index in [2.05, 4.69) is 0 Å². The van der Waals surface area contributed by atoms with Crippen molar-refractivity contribution in [3.05, 3.63) is 78.4 Å². The molecule has 3 aromatic rings. The minimum Gasteiger partial charge on any atom is -0.321 e.